The molecule has 0 aliphatic heterocycles. The first-order chi connectivity index (χ1) is 10.1. The van der Waals surface area contributed by atoms with Gasteiger partial charge < -0.3 is 19.7 Å². The van der Waals surface area contributed by atoms with Crippen LogP contribution in [0.3, 0.4) is 0 Å². The van der Waals surface area contributed by atoms with Crippen LogP contribution in [0.2, 0.25) is 0 Å². The molecule has 0 heterocycles. The number of hydrogen-bond donors (Lipinski definition) is 2. The minimum Gasteiger partial charge on any atom is -0.508 e. The Balaban J connectivity index is 2.32. The highest BCUT2D eigenvalue weighted by molar-refractivity contribution is 6.02. The number of hydrogen-bond acceptors (Lipinski definition) is 5. The fourth-order valence-electron chi connectivity index (χ4n) is 1.96. The zero-order valence-corrected chi connectivity index (χ0v) is 11.7. The second-order valence-electron chi connectivity index (χ2n) is 4.42. The minimum absolute atomic E-state index is 0.0698. The van der Waals surface area contributed by atoms with Crippen LogP contribution < -0.4 is 9.47 Å². The Bertz CT molecular complexity index is 634. The largest absolute Gasteiger partial charge is 0.508 e. The van der Waals surface area contributed by atoms with Crippen LogP contribution in [0.5, 0.6) is 17.2 Å². The smallest absolute Gasteiger partial charge is 0.199 e. The third kappa shape index (κ3) is 3.14. The van der Waals surface area contributed by atoms with Crippen molar-refractivity contribution in [2.24, 2.45) is 0 Å². The van der Waals surface area contributed by atoms with Crippen molar-refractivity contribution in [1.82, 2.24) is 0 Å². The number of Topliss-reactive ketones (excluding diaryl/α,β-unsaturated/α-hetero) is 1. The summed E-state index contributed by atoms with van der Waals surface area (Å²) in [5, 5.41) is 19.4. The van der Waals surface area contributed by atoms with E-state index in [2.05, 4.69) is 0 Å². The number of ether oxygens (including phenoxy) is 2. The lowest BCUT2D eigenvalue weighted by atomic mass is 9.99. The number of phenolic OH excluding ortho intramolecular Hbond substituents is 1. The van der Waals surface area contributed by atoms with Gasteiger partial charge in [-0.2, -0.15) is 0 Å². The molecule has 0 aliphatic carbocycles. The molecule has 2 aromatic rings. The van der Waals surface area contributed by atoms with Gasteiger partial charge in [-0.05, 0) is 29.8 Å². The van der Waals surface area contributed by atoms with Gasteiger partial charge in [-0.25, -0.2) is 0 Å². The summed E-state index contributed by atoms with van der Waals surface area (Å²) in [6, 6.07) is 10.6. The summed E-state index contributed by atoms with van der Waals surface area (Å²) < 4.78 is 10.2. The van der Waals surface area contributed by atoms with Crippen LogP contribution in [0.25, 0.3) is 0 Å². The van der Waals surface area contributed by atoms with Crippen LogP contribution in [0.1, 0.15) is 22.0 Å². The van der Waals surface area contributed by atoms with Crippen LogP contribution in [-0.2, 0) is 0 Å². The van der Waals surface area contributed by atoms with Crippen LogP contribution >= 0.6 is 0 Å². The lowest BCUT2D eigenvalue weighted by molar-refractivity contribution is 0.0744. The number of ketones is 1. The molecule has 0 radical (unpaired) electrons. The molecule has 5 heteroatoms. The minimum atomic E-state index is -1.33. The predicted octanol–water partition coefficient (Wildman–Crippen LogP) is 2.33. The third-order valence-electron chi connectivity index (χ3n) is 3.13. The van der Waals surface area contributed by atoms with E-state index in [1.54, 1.807) is 18.2 Å². The molecule has 1 atom stereocenters. The lowest BCUT2D eigenvalue weighted by Gasteiger charge is -2.13. The van der Waals surface area contributed by atoms with Crippen LogP contribution in [0.15, 0.2) is 42.5 Å². The number of rotatable bonds is 5. The van der Waals surface area contributed by atoms with E-state index in [1.807, 2.05) is 0 Å². The van der Waals surface area contributed by atoms with Crippen molar-refractivity contribution in [2.45, 2.75) is 6.10 Å². The van der Waals surface area contributed by atoms with E-state index in [0.717, 1.165) is 0 Å². The summed E-state index contributed by atoms with van der Waals surface area (Å²) in [6.07, 6.45) is -1.33. The number of carbonyl (C=O) groups excluding carboxylic acids is 1. The summed E-state index contributed by atoms with van der Waals surface area (Å²) in [5.74, 6) is 0.473. The van der Waals surface area contributed by atoms with Gasteiger partial charge in [-0.3, -0.25) is 4.79 Å². The first-order valence-electron chi connectivity index (χ1n) is 6.30. The molecule has 110 valence electrons. The number of benzene rings is 2. The highest BCUT2D eigenvalue weighted by Gasteiger charge is 2.22. The van der Waals surface area contributed by atoms with Crippen molar-refractivity contribution in [2.75, 3.05) is 14.2 Å². The molecule has 2 aromatic carbocycles. The molecular formula is C16H16O5. The fraction of sp³-hybridized carbons (Fsp3) is 0.188. The number of methoxy groups -OCH3 is 2. The van der Waals surface area contributed by atoms with E-state index in [1.165, 1.54) is 38.5 Å². The zero-order chi connectivity index (χ0) is 15.4. The Kier molecular flexibility index (Phi) is 4.45. The first kappa shape index (κ1) is 14.9. The van der Waals surface area contributed by atoms with E-state index >= 15 is 0 Å². The van der Waals surface area contributed by atoms with E-state index in [0.29, 0.717) is 17.1 Å². The second kappa shape index (κ2) is 6.28. The number of aliphatic hydroxyl groups is 1. The maximum atomic E-state index is 12.4. The number of carbonyl (C=O) groups is 1. The van der Waals surface area contributed by atoms with Gasteiger partial charge >= 0.3 is 0 Å². The molecule has 2 rings (SSSR count). The molecule has 1 unspecified atom stereocenters. The topological polar surface area (TPSA) is 76.0 Å². The zero-order valence-electron chi connectivity index (χ0n) is 11.7. The summed E-state index contributed by atoms with van der Waals surface area (Å²) in [5.41, 5.74) is 0.662. The molecule has 21 heavy (non-hydrogen) atoms. The quantitative estimate of drug-likeness (QED) is 0.826. The van der Waals surface area contributed by atoms with Gasteiger partial charge in [0.05, 0.1) is 19.8 Å². The number of phenols is 1. The van der Waals surface area contributed by atoms with Crippen LogP contribution in [-0.4, -0.2) is 30.2 Å². The average molecular weight is 288 g/mol. The Labute approximate surface area is 122 Å². The van der Waals surface area contributed by atoms with Crippen molar-refractivity contribution in [3.8, 4) is 17.2 Å². The predicted molar refractivity (Wildman–Crippen MR) is 76.9 cm³/mol. The third-order valence-corrected chi connectivity index (χ3v) is 3.13. The Morgan fingerprint density at radius 3 is 2.29 bits per heavy atom. The molecule has 2 N–H and O–H groups in total. The van der Waals surface area contributed by atoms with Gasteiger partial charge in [-0.15, -0.1) is 0 Å². The summed E-state index contributed by atoms with van der Waals surface area (Å²) in [6.45, 7) is 0. The Hall–Kier alpha value is -2.53. The average Bonchev–Trinajstić information content (AvgIpc) is 2.53. The van der Waals surface area contributed by atoms with Crippen LogP contribution in [0.4, 0.5) is 0 Å². The van der Waals surface area contributed by atoms with Crippen LogP contribution in [0, 0.1) is 0 Å². The summed E-state index contributed by atoms with van der Waals surface area (Å²) >= 11 is 0. The normalized spacial score (nSPS) is 11.8. The van der Waals surface area contributed by atoms with Gasteiger partial charge in [0.25, 0.3) is 0 Å². The molecule has 0 saturated heterocycles. The fourth-order valence-corrected chi connectivity index (χ4v) is 1.96. The maximum absolute atomic E-state index is 12.4. The number of aromatic hydroxyl groups is 1. The molecule has 0 bridgehead atoms. The molecular weight excluding hydrogens is 272 g/mol. The van der Waals surface area contributed by atoms with Crippen molar-refractivity contribution >= 4 is 5.78 Å². The summed E-state index contributed by atoms with van der Waals surface area (Å²) in [4.78, 5) is 12.4. The molecule has 0 aliphatic rings. The molecule has 5 nitrogen and oxygen atoms in total. The molecule has 0 aromatic heterocycles. The highest BCUT2D eigenvalue weighted by Crippen LogP contribution is 2.29. The number of aliphatic hydroxyl groups excluding tert-OH is 1. The van der Waals surface area contributed by atoms with Crippen molar-refractivity contribution in [3.05, 3.63) is 53.6 Å². The Morgan fingerprint density at radius 1 is 1.05 bits per heavy atom. The van der Waals surface area contributed by atoms with Crippen molar-refractivity contribution in [1.29, 1.82) is 0 Å². The summed E-state index contributed by atoms with van der Waals surface area (Å²) in [7, 11) is 2.96. The van der Waals surface area contributed by atoms with E-state index < -0.39 is 11.9 Å². The first-order valence-corrected chi connectivity index (χ1v) is 6.30. The molecule has 0 spiro atoms. The molecule has 0 fully saturated rings. The van der Waals surface area contributed by atoms with Gasteiger partial charge in [0.2, 0.25) is 0 Å². The lowest BCUT2D eigenvalue weighted by Crippen LogP contribution is -2.13. The molecule has 0 saturated carbocycles. The Morgan fingerprint density at radius 2 is 1.71 bits per heavy atom. The van der Waals surface area contributed by atoms with E-state index in [9.17, 15) is 15.0 Å². The van der Waals surface area contributed by atoms with Gasteiger partial charge in [0, 0.05) is 6.07 Å². The van der Waals surface area contributed by atoms with Crippen molar-refractivity contribution in [3.63, 3.8) is 0 Å². The maximum Gasteiger partial charge on any atom is 0.199 e. The monoisotopic (exact) mass is 288 g/mol. The van der Waals surface area contributed by atoms with Crippen molar-refractivity contribution < 1.29 is 24.5 Å². The van der Waals surface area contributed by atoms with Gasteiger partial charge in [0.15, 0.2) is 5.78 Å². The highest BCUT2D eigenvalue weighted by atomic mass is 16.5. The second-order valence-corrected chi connectivity index (χ2v) is 4.42. The van der Waals surface area contributed by atoms with Gasteiger partial charge in [-0.1, -0.05) is 12.1 Å². The standard InChI is InChI=1S/C16H16O5/c1-20-12-7-8-13(14(9-12)21-2)16(19)15(18)10-3-5-11(17)6-4-10/h3-9,15,17-18H,1-2H3. The van der Waals surface area contributed by atoms with E-state index in [-0.39, 0.29) is 11.3 Å². The van der Waals surface area contributed by atoms with Gasteiger partial charge in [0.1, 0.15) is 23.4 Å². The van der Waals surface area contributed by atoms with E-state index in [4.69, 9.17) is 9.47 Å². The SMILES string of the molecule is COc1ccc(C(=O)C(O)c2ccc(O)cc2)c(OC)c1. The molecule has 0 amide bonds.